The summed E-state index contributed by atoms with van der Waals surface area (Å²) < 4.78 is 5.17. The van der Waals surface area contributed by atoms with Crippen LogP contribution < -0.4 is 5.63 Å². The molecular formula is C12H12O3. The van der Waals surface area contributed by atoms with E-state index in [1.807, 2.05) is 6.92 Å². The molecule has 0 radical (unpaired) electrons. The van der Waals surface area contributed by atoms with E-state index in [1.54, 1.807) is 26.0 Å². The summed E-state index contributed by atoms with van der Waals surface area (Å²) in [6.07, 6.45) is 0. The van der Waals surface area contributed by atoms with Crippen molar-refractivity contribution in [3.05, 3.63) is 39.2 Å². The molecule has 3 heteroatoms. The lowest BCUT2D eigenvalue weighted by atomic mass is 10.0. The molecule has 0 aliphatic rings. The summed E-state index contributed by atoms with van der Waals surface area (Å²) in [4.78, 5) is 11.5. The number of phenolic OH excluding ortho intramolecular Hbond substituents is 1. The summed E-state index contributed by atoms with van der Waals surface area (Å²) >= 11 is 0. The fourth-order valence-electron chi connectivity index (χ4n) is 1.63. The zero-order chi connectivity index (χ0) is 11.2. The second-order valence-corrected chi connectivity index (χ2v) is 3.73. The summed E-state index contributed by atoms with van der Waals surface area (Å²) in [5, 5.41) is 10.4. The van der Waals surface area contributed by atoms with E-state index >= 15 is 0 Å². The van der Waals surface area contributed by atoms with Crippen molar-refractivity contribution in [2.75, 3.05) is 0 Å². The van der Waals surface area contributed by atoms with Crippen LogP contribution in [-0.4, -0.2) is 5.11 Å². The summed E-state index contributed by atoms with van der Waals surface area (Å²) in [7, 11) is 0. The van der Waals surface area contributed by atoms with Crippen LogP contribution in [0.1, 0.15) is 16.7 Å². The zero-order valence-electron chi connectivity index (χ0n) is 8.92. The van der Waals surface area contributed by atoms with Crippen LogP contribution >= 0.6 is 0 Å². The monoisotopic (exact) mass is 204 g/mol. The fraction of sp³-hybridized carbons (Fsp3) is 0.250. The van der Waals surface area contributed by atoms with Gasteiger partial charge in [0.05, 0.1) is 0 Å². The normalized spacial score (nSPS) is 10.9. The Bertz CT molecular complexity index is 594. The molecule has 0 aliphatic carbocycles. The van der Waals surface area contributed by atoms with Gasteiger partial charge in [0.2, 0.25) is 0 Å². The molecule has 0 spiro atoms. The number of aromatic hydroxyl groups is 1. The van der Waals surface area contributed by atoms with E-state index < -0.39 is 0 Å². The highest BCUT2D eigenvalue weighted by Gasteiger charge is 2.10. The van der Waals surface area contributed by atoms with Crippen molar-refractivity contribution in [3.8, 4) is 5.75 Å². The van der Waals surface area contributed by atoms with E-state index in [9.17, 15) is 9.90 Å². The number of phenols is 1. The predicted molar refractivity (Wildman–Crippen MR) is 58.4 cm³/mol. The van der Waals surface area contributed by atoms with Gasteiger partial charge in [-0.05, 0) is 38.5 Å². The Morgan fingerprint density at radius 3 is 2.40 bits per heavy atom. The van der Waals surface area contributed by atoms with Gasteiger partial charge in [0.15, 0.2) is 0 Å². The van der Waals surface area contributed by atoms with Gasteiger partial charge in [-0.25, -0.2) is 4.79 Å². The van der Waals surface area contributed by atoms with E-state index in [0.717, 1.165) is 10.9 Å². The topological polar surface area (TPSA) is 50.4 Å². The number of fused-ring (bicyclic) bond motifs is 1. The molecule has 1 heterocycles. The number of rotatable bonds is 0. The number of hydrogen-bond donors (Lipinski definition) is 1. The van der Waals surface area contributed by atoms with E-state index in [2.05, 4.69) is 0 Å². The SMILES string of the molecule is Cc1c(C)c2ccc(O)c(C)c2oc1=O. The predicted octanol–water partition coefficient (Wildman–Crippen LogP) is 2.42. The minimum atomic E-state index is -0.339. The third-order valence-electron chi connectivity index (χ3n) is 2.84. The molecule has 1 aromatic carbocycles. The van der Waals surface area contributed by atoms with Crippen molar-refractivity contribution in [3.63, 3.8) is 0 Å². The molecule has 2 aromatic rings. The Kier molecular flexibility index (Phi) is 2.03. The molecule has 15 heavy (non-hydrogen) atoms. The van der Waals surface area contributed by atoms with Gasteiger partial charge in [-0.15, -0.1) is 0 Å². The van der Waals surface area contributed by atoms with Crippen LogP contribution in [-0.2, 0) is 0 Å². The first-order valence-corrected chi connectivity index (χ1v) is 4.75. The first kappa shape index (κ1) is 9.77. The Hall–Kier alpha value is -1.77. The first-order valence-electron chi connectivity index (χ1n) is 4.75. The van der Waals surface area contributed by atoms with Crippen molar-refractivity contribution in [1.29, 1.82) is 0 Å². The molecule has 0 amide bonds. The summed E-state index contributed by atoms with van der Waals surface area (Å²) in [6.45, 7) is 5.35. The molecule has 0 aliphatic heterocycles. The second kappa shape index (κ2) is 3.12. The maximum atomic E-state index is 11.5. The fourth-order valence-corrected chi connectivity index (χ4v) is 1.63. The van der Waals surface area contributed by atoms with Crippen LogP contribution in [0.25, 0.3) is 11.0 Å². The molecule has 0 unspecified atom stereocenters. The quantitative estimate of drug-likeness (QED) is 0.670. The zero-order valence-corrected chi connectivity index (χ0v) is 8.92. The van der Waals surface area contributed by atoms with Gasteiger partial charge < -0.3 is 9.52 Å². The minimum Gasteiger partial charge on any atom is -0.508 e. The molecule has 0 saturated heterocycles. The van der Waals surface area contributed by atoms with Crippen LogP contribution in [0.4, 0.5) is 0 Å². The molecule has 2 rings (SSSR count). The molecule has 1 N–H and O–H groups in total. The van der Waals surface area contributed by atoms with E-state index in [-0.39, 0.29) is 11.4 Å². The van der Waals surface area contributed by atoms with Crippen LogP contribution in [0.15, 0.2) is 21.3 Å². The van der Waals surface area contributed by atoms with Crippen molar-refractivity contribution in [2.24, 2.45) is 0 Å². The summed E-state index contributed by atoms with van der Waals surface area (Å²) in [5.74, 6) is 0.147. The van der Waals surface area contributed by atoms with Gasteiger partial charge in [0.25, 0.3) is 0 Å². The lowest BCUT2D eigenvalue weighted by Gasteiger charge is -2.07. The lowest BCUT2D eigenvalue weighted by molar-refractivity contribution is 0.468. The number of aryl methyl sites for hydroxylation is 2. The lowest BCUT2D eigenvalue weighted by Crippen LogP contribution is -2.06. The molecule has 3 nitrogen and oxygen atoms in total. The second-order valence-electron chi connectivity index (χ2n) is 3.73. The Labute approximate surface area is 87.0 Å². The molecule has 0 bridgehead atoms. The average Bonchev–Trinajstić information content (AvgIpc) is 2.21. The third kappa shape index (κ3) is 1.31. The van der Waals surface area contributed by atoms with Gasteiger partial charge in [0.1, 0.15) is 11.3 Å². The maximum Gasteiger partial charge on any atom is 0.339 e. The maximum absolute atomic E-state index is 11.5. The highest BCUT2D eigenvalue weighted by Crippen LogP contribution is 2.27. The average molecular weight is 204 g/mol. The standard InChI is InChI=1S/C12H12O3/c1-6-7(2)12(14)15-11-8(3)10(13)5-4-9(6)11/h4-5,13H,1-3H3. The van der Waals surface area contributed by atoms with Gasteiger partial charge in [0, 0.05) is 16.5 Å². The van der Waals surface area contributed by atoms with E-state index in [0.29, 0.717) is 16.7 Å². The largest absolute Gasteiger partial charge is 0.508 e. The highest BCUT2D eigenvalue weighted by molar-refractivity contribution is 5.85. The molecule has 1 aromatic heterocycles. The smallest absolute Gasteiger partial charge is 0.339 e. The minimum absolute atomic E-state index is 0.147. The Morgan fingerprint density at radius 1 is 1.07 bits per heavy atom. The van der Waals surface area contributed by atoms with Crippen LogP contribution in [0.3, 0.4) is 0 Å². The van der Waals surface area contributed by atoms with Crippen molar-refractivity contribution in [1.82, 2.24) is 0 Å². The molecule has 78 valence electrons. The van der Waals surface area contributed by atoms with Crippen molar-refractivity contribution in [2.45, 2.75) is 20.8 Å². The summed E-state index contributed by atoms with van der Waals surface area (Å²) in [5.41, 5.74) is 2.27. The summed E-state index contributed by atoms with van der Waals surface area (Å²) in [6, 6.07) is 3.38. The van der Waals surface area contributed by atoms with Crippen LogP contribution in [0.2, 0.25) is 0 Å². The van der Waals surface area contributed by atoms with Gasteiger partial charge >= 0.3 is 5.63 Å². The van der Waals surface area contributed by atoms with Crippen LogP contribution in [0, 0.1) is 20.8 Å². The molecule has 0 atom stereocenters. The number of benzene rings is 1. The molecule has 0 fully saturated rings. The Balaban J connectivity index is 3.05. The Morgan fingerprint density at radius 2 is 1.73 bits per heavy atom. The molecule has 0 saturated carbocycles. The highest BCUT2D eigenvalue weighted by atomic mass is 16.4. The third-order valence-corrected chi connectivity index (χ3v) is 2.84. The van der Waals surface area contributed by atoms with Crippen molar-refractivity contribution < 1.29 is 9.52 Å². The molecular weight excluding hydrogens is 192 g/mol. The van der Waals surface area contributed by atoms with E-state index in [4.69, 9.17) is 4.42 Å². The van der Waals surface area contributed by atoms with E-state index in [1.165, 1.54) is 0 Å². The van der Waals surface area contributed by atoms with Gasteiger partial charge in [-0.2, -0.15) is 0 Å². The van der Waals surface area contributed by atoms with Crippen molar-refractivity contribution >= 4 is 11.0 Å². The first-order chi connectivity index (χ1) is 7.02. The van der Waals surface area contributed by atoms with Gasteiger partial charge in [-0.3, -0.25) is 0 Å². The number of hydrogen-bond acceptors (Lipinski definition) is 3. The van der Waals surface area contributed by atoms with Crippen LogP contribution in [0.5, 0.6) is 5.75 Å². The van der Waals surface area contributed by atoms with Gasteiger partial charge in [-0.1, -0.05) is 0 Å².